The van der Waals surface area contributed by atoms with Crippen LogP contribution in [0, 0.1) is 0 Å². The molecule has 274 valence electrons. The monoisotopic (exact) mass is 743 g/mol. The van der Waals surface area contributed by atoms with E-state index in [4.69, 9.17) is 8.83 Å². The molecule has 0 radical (unpaired) electrons. The lowest BCUT2D eigenvalue weighted by atomic mass is 9.82. The van der Waals surface area contributed by atoms with Crippen molar-refractivity contribution in [3.63, 3.8) is 0 Å². The van der Waals surface area contributed by atoms with Gasteiger partial charge in [0.25, 0.3) is 0 Å². The first-order valence-electron chi connectivity index (χ1n) is 20.0. The van der Waals surface area contributed by atoms with Gasteiger partial charge in [0.05, 0.1) is 0 Å². The van der Waals surface area contributed by atoms with Crippen molar-refractivity contribution >= 4 is 71.7 Å². The van der Waals surface area contributed by atoms with E-state index in [2.05, 4.69) is 201 Å². The number of rotatable bonds is 5. The van der Waals surface area contributed by atoms with Crippen LogP contribution in [0.15, 0.2) is 197 Å². The Hall–Kier alpha value is -7.36. The van der Waals surface area contributed by atoms with Crippen LogP contribution in [0.3, 0.4) is 0 Å². The standard InChI is InChI=1S/C55H37NO2/c1-55(2)47-21-10-8-19-42(47)43-27-25-41(32-48(43)55)56(39-24-23-35-15-6-7-16-37(35)30-39)40-26-28-50-45(31-40)46-33-51-53(44-20-9-11-22-49(44)57-51)52(54(46)58-50)38-18-12-17-36(29-38)34-13-4-3-5-14-34/h3-33H,1-2H3. The highest BCUT2D eigenvalue weighted by atomic mass is 16.3. The first-order valence-corrected chi connectivity index (χ1v) is 20.0. The highest BCUT2D eigenvalue weighted by Gasteiger charge is 2.36. The van der Waals surface area contributed by atoms with Gasteiger partial charge in [0, 0.05) is 49.6 Å². The third-order valence-electron chi connectivity index (χ3n) is 12.4. The lowest BCUT2D eigenvalue weighted by Crippen LogP contribution is -2.16. The molecule has 0 amide bonds. The predicted molar refractivity (Wildman–Crippen MR) is 242 cm³/mol. The summed E-state index contributed by atoms with van der Waals surface area (Å²) in [5.41, 5.74) is 16.3. The van der Waals surface area contributed by atoms with Crippen LogP contribution in [-0.2, 0) is 5.41 Å². The Bertz CT molecular complexity index is 3440. The van der Waals surface area contributed by atoms with E-state index in [-0.39, 0.29) is 5.41 Å². The average Bonchev–Trinajstić information content (AvgIpc) is 3.90. The number of hydrogen-bond donors (Lipinski definition) is 0. The number of hydrogen-bond acceptors (Lipinski definition) is 3. The number of benzene rings is 9. The van der Waals surface area contributed by atoms with Gasteiger partial charge in [-0.25, -0.2) is 0 Å². The molecule has 3 heteroatoms. The van der Waals surface area contributed by atoms with Crippen LogP contribution >= 0.6 is 0 Å². The highest BCUT2D eigenvalue weighted by molar-refractivity contribution is 6.24. The van der Waals surface area contributed by atoms with Crippen molar-refractivity contribution in [2.75, 3.05) is 4.90 Å². The second-order valence-electron chi connectivity index (χ2n) is 16.1. The van der Waals surface area contributed by atoms with E-state index >= 15 is 0 Å². The molecular weight excluding hydrogens is 707 g/mol. The number of para-hydroxylation sites is 1. The smallest absolute Gasteiger partial charge is 0.144 e. The Morgan fingerprint density at radius 2 is 1.07 bits per heavy atom. The van der Waals surface area contributed by atoms with Gasteiger partial charge in [-0.1, -0.05) is 141 Å². The molecular formula is C55H37NO2. The Balaban J connectivity index is 1.10. The Morgan fingerprint density at radius 3 is 1.98 bits per heavy atom. The second kappa shape index (κ2) is 12.3. The predicted octanol–water partition coefficient (Wildman–Crippen LogP) is 15.7. The zero-order chi connectivity index (χ0) is 38.5. The molecule has 2 heterocycles. The highest BCUT2D eigenvalue weighted by Crippen LogP contribution is 2.51. The first kappa shape index (κ1) is 32.8. The lowest BCUT2D eigenvalue weighted by molar-refractivity contribution is 0.660. The zero-order valence-electron chi connectivity index (χ0n) is 32.2. The van der Waals surface area contributed by atoms with E-state index in [1.165, 1.54) is 38.6 Å². The molecule has 3 nitrogen and oxygen atoms in total. The molecule has 1 aliphatic rings. The van der Waals surface area contributed by atoms with Crippen molar-refractivity contribution in [3.8, 4) is 33.4 Å². The first-order chi connectivity index (χ1) is 28.5. The summed E-state index contributed by atoms with van der Waals surface area (Å²) in [6, 6.07) is 67.6. The van der Waals surface area contributed by atoms with Crippen LogP contribution in [0.2, 0.25) is 0 Å². The third kappa shape index (κ3) is 4.86. The largest absolute Gasteiger partial charge is 0.456 e. The maximum Gasteiger partial charge on any atom is 0.144 e. The molecule has 0 spiro atoms. The van der Waals surface area contributed by atoms with Crippen molar-refractivity contribution in [2.24, 2.45) is 0 Å². The van der Waals surface area contributed by atoms with E-state index < -0.39 is 0 Å². The fraction of sp³-hybridized carbons (Fsp3) is 0.0545. The van der Waals surface area contributed by atoms with Gasteiger partial charge in [-0.2, -0.15) is 0 Å². The van der Waals surface area contributed by atoms with Gasteiger partial charge in [-0.15, -0.1) is 0 Å². The Morgan fingerprint density at radius 1 is 0.397 bits per heavy atom. The number of fused-ring (bicyclic) bond motifs is 10. The van der Waals surface area contributed by atoms with Gasteiger partial charge >= 0.3 is 0 Å². The van der Waals surface area contributed by atoms with Crippen molar-refractivity contribution in [1.29, 1.82) is 0 Å². The summed E-state index contributed by atoms with van der Waals surface area (Å²) in [4.78, 5) is 2.40. The van der Waals surface area contributed by atoms with Crippen LogP contribution in [-0.4, -0.2) is 0 Å². The van der Waals surface area contributed by atoms with Crippen LogP contribution < -0.4 is 4.90 Å². The minimum atomic E-state index is -0.131. The molecule has 0 bridgehead atoms. The molecule has 9 aromatic carbocycles. The molecule has 11 aromatic rings. The molecule has 2 aromatic heterocycles. The van der Waals surface area contributed by atoms with E-state index in [1.807, 2.05) is 6.07 Å². The maximum absolute atomic E-state index is 6.98. The molecule has 0 atom stereocenters. The SMILES string of the molecule is CC1(C)c2ccccc2-c2ccc(N(c3ccc4ccccc4c3)c3ccc4oc5c(-c6cccc(-c7ccccc7)c6)c6c(cc5c4c3)oc3ccccc36)cc21. The number of anilines is 3. The van der Waals surface area contributed by atoms with E-state index in [0.717, 1.165) is 77.6 Å². The quantitative estimate of drug-likeness (QED) is 0.176. The summed E-state index contributed by atoms with van der Waals surface area (Å²) in [5.74, 6) is 0. The number of nitrogens with zero attached hydrogens (tertiary/aromatic N) is 1. The van der Waals surface area contributed by atoms with Gasteiger partial charge in [-0.05, 0) is 110 Å². The Kier molecular flexibility index (Phi) is 6.98. The maximum atomic E-state index is 6.98. The molecule has 12 rings (SSSR count). The summed E-state index contributed by atoms with van der Waals surface area (Å²) in [7, 11) is 0. The van der Waals surface area contributed by atoms with Gasteiger partial charge in [0.1, 0.15) is 22.3 Å². The van der Waals surface area contributed by atoms with Crippen molar-refractivity contribution in [1.82, 2.24) is 0 Å². The molecule has 0 fully saturated rings. The topological polar surface area (TPSA) is 29.5 Å². The summed E-state index contributed by atoms with van der Waals surface area (Å²) in [5, 5.41) is 6.61. The average molecular weight is 744 g/mol. The minimum absolute atomic E-state index is 0.131. The molecule has 58 heavy (non-hydrogen) atoms. The normalized spacial score (nSPS) is 13.1. The summed E-state index contributed by atoms with van der Waals surface area (Å²) < 4.78 is 13.6. The fourth-order valence-corrected chi connectivity index (χ4v) is 9.60. The van der Waals surface area contributed by atoms with Crippen LogP contribution in [0.25, 0.3) is 88.0 Å². The summed E-state index contributed by atoms with van der Waals surface area (Å²) >= 11 is 0. The summed E-state index contributed by atoms with van der Waals surface area (Å²) in [6.45, 7) is 4.69. The lowest BCUT2D eigenvalue weighted by Gasteiger charge is -2.28. The van der Waals surface area contributed by atoms with E-state index in [1.54, 1.807) is 0 Å². The molecule has 1 aliphatic carbocycles. The molecule has 0 saturated carbocycles. The molecule has 0 saturated heterocycles. The number of furan rings is 2. The van der Waals surface area contributed by atoms with Gasteiger partial charge in [-0.3, -0.25) is 0 Å². The van der Waals surface area contributed by atoms with Gasteiger partial charge in [0.15, 0.2) is 0 Å². The van der Waals surface area contributed by atoms with Crippen LogP contribution in [0.5, 0.6) is 0 Å². The minimum Gasteiger partial charge on any atom is -0.456 e. The molecule has 0 N–H and O–H groups in total. The van der Waals surface area contributed by atoms with Crippen LogP contribution in [0.1, 0.15) is 25.0 Å². The van der Waals surface area contributed by atoms with Crippen molar-refractivity contribution < 1.29 is 8.83 Å². The van der Waals surface area contributed by atoms with E-state index in [0.29, 0.717) is 0 Å². The van der Waals surface area contributed by atoms with E-state index in [9.17, 15) is 0 Å². The fourth-order valence-electron chi connectivity index (χ4n) is 9.60. The van der Waals surface area contributed by atoms with Crippen LogP contribution in [0.4, 0.5) is 17.1 Å². The van der Waals surface area contributed by atoms with Gasteiger partial charge in [0.2, 0.25) is 0 Å². The van der Waals surface area contributed by atoms with Crippen molar-refractivity contribution in [3.05, 3.63) is 199 Å². The summed E-state index contributed by atoms with van der Waals surface area (Å²) in [6.07, 6.45) is 0. The molecule has 0 unspecified atom stereocenters. The molecule has 0 aliphatic heterocycles. The zero-order valence-corrected chi connectivity index (χ0v) is 32.2. The Labute approximate surface area is 336 Å². The third-order valence-corrected chi connectivity index (χ3v) is 12.4. The van der Waals surface area contributed by atoms with Crippen molar-refractivity contribution in [2.45, 2.75) is 19.3 Å². The second-order valence-corrected chi connectivity index (χ2v) is 16.1. The van der Waals surface area contributed by atoms with Gasteiger partial charge < -0.3 is 13.7 Å².